The third-order valence-corrected chi connectivity index (χ3v) is 5.80. The highest BCUT2D eigenvalue weighted by Crippen LogP contribution is 2.44. The van der Waals surface area contributed by atoms with Crippen LogP contribution in [0.2, 0.25) is 0 Å². The van der Waals surface area contributed by atoms with Crippen molar-refractivity contribution in [1.29, 1.82) is 0 Å². The predicted octanol–water partition coefficient (Wildman–Crippen LogP) is 5.18. The summed E-state index contributed by atoms with van der Waals surface area (Å²) in [6, 6.07) is 18.1. The van der Waals surface area contributed by atoms with Crippen LogP contribution in [-0.2, 0) is 10.2 Å². The Morgan fingerprint density at radius 2 is 1.80 bits per heavy atom. The Morgan fingerprint density at radius 1 is 1.08 bits per heavy atom. The predicted molar refractivity (Wildman–Crippen MR) is 103 cm³/mol. The molecule has 2 aromatic carbocycles. The number of hydrogen-bond acceptors (Lipinski definition) is 3. The molecule has 4 rings (SSSR count). The Balaban J connectivity index is 1.53. The fourth-order valence-corrected chi connectivity index (χ4v) is 4.03. The number of amides is 1. The lowest BCUT2D eigenvalue weighted by Gasteiger charge is -2.40. The van der Waals surface area contributed by atoms with Gasteiger partial charge in [0.25, 0.3) is 0 Å². The minimum absolute atomic E-state index is 0.0993. The smallest absolute Gasteiger partial charge is 0.235 e. The number of nitrogens with one attached hydrogen (secondary N) is 1. The molecule has 1 aromatic heterocycles. The molecule has 1 aliphatic carbocycles. The molecular weight excluding hydrogens is 328 g/mol. The normalized spacial score (nSPS) is 15.4. The van der Waals surface area contributed by atoms with E-state index in [-0.39, 0.29) is 11.3 Å². The van der Waals surface area contributed by atoms with Gasteiger partial charge in [-0.1, -0.05) is 48.9 Å². The molecule has 126 valence electrons. The van der Waals surface area contributed by atoms with Gasteiger partial charge in [-0.15, -0.1) is 11.3 Å². The summed E-state index contributed by atoms with van der Waals surface area (Å²) < 4.78 is 0. The summed E-state index contributed by atoms with van der Waals surface area (Å²) in [4.78, 5) is 17.5. The number of benzene rings is 2. The molecule has 0 spiro atoms. The van der Waals surface area contributed by atoms with Crippen LogP contribution in [-0.4, -0.2) is 10.9 Å². The van der Waals surface area contributed by atoms with Crippen LogP contribution in [0.5, 0.6) is 0 Å². The fraction of sp³-hybridized carbons (Fsp3) is 0.238. The minimum atomic E-state index is -0.369. The van der Waals surface area contributed by atoms with E-state index in [9.17, 15) is 4.79 Å². The highest BCUT2D eigenvalue weighted by Gasteiger charge is 2.45. The summed E-state index contributed by atoms with van der Waals surface area (Å²) in [7, 11) is 0. The third-order valence-electron chi connectivity index (χ3n) is 5.03. The maximum absolute atomic E-state index is 13.0. The van der Waals surface area contributed by atoms with Crippen LogP contribution in [0.3, 0.4) is 0 Å². The fourth-order valence-electron chi connectivity index (χ4n) is 3.41. The van der Waals surface area contributed by atoms with Gasteiger partial charge in [-0.2, -0.15) is 0 Å². The van der Waals surface area contributed by atoms with Crippen LogP contribution >= 0.6 is 11.3 Å². The molecule has 1 saturated carbocycles. The van der Waals surface area contributed by atoms with Gasteiger partial charge in [-0.25, -0.2) is 4.98 Å². The van der Waals surface area contributed by atoms with Gasteiger partial charge in [0.05, 0.1) is 16.1 Å². The molecule has 3 nitrogen and oxygen atoms in total. The molecule has 0 saturated heterocycles. The molecule has 0 radical (unpaired) electrons. The van der Waals surface area contributed by atoms with Gasteiger partial charge >= 0.3 is 0 Å². The van der Waals surface area contributed by atoms with Gasteiger partial charge in [0.15, 0.2) is 0 Å². The van der Waals surface area contributed by atoms with Gasteiger partial charge < -0.3 is 5.32 Å². The van der Waals surface area contributed by atoms with E-state index in [1.54, 1.807) is 11.3 Å². The van der Waals surface area contributed by atoms with E-state index in [4.69, 9.17) is 0 Å². The number of nitrogens with zero attached hydrogens (tertiary/aromatic N) is 1. The van der Waals surface area contributed by atoms with Crippen LogP contribution in [0.1, 0.15) is 29.8 Å². The van der Waals surface area contributed by atoms with Crippen LogP contribution in [0.4, 0.5) is 5.69 Å². The Kier molecular flexibility index (Phi) is 4.14. The molecule has 1 amide bonds. The van der Waals surface area contributed by atoms with Crippen LogP contribution in [0.25, 0.3) is 11.3 Å². The second-order valence-corrected chi connectivity index (χ2v) is 7.65. The van der Waals surface area contributed by atoms with Crippen molar-refractivity contribution in [2.45, 2.75) is 31.6 Å². The summed E-state index contributed by atoms with van der Waals surface area (Å²) in [6.45, 7) is 2.00. The SMILES string of the molecule is Cc1nc(-c2ccc(NC(=O)C3(c4ccccc4)CCC3)cc2)cs1. The first-order chi connectivity index (χ1) is 12.2. The molecule has 1 heterocycles. The van der Waals surface area contributed by atoms with E-state index in [1.807, 2.05) is 49.4 Å². The van der Waals surface area contributed by atoms with Crippen molar-refractivity contribution in [3.63, 3.8) is 0 Å². The molecule has 0 aliphatic heterocycles. The number of carbonyl (C=O) groups is 1. The van der Waals surface area contributed by atoms with E-state index < -0.39 is 0 Å². The lowest BCUT2D eigenvalue weighted by atomic mass is 9.64. The zero-order valence-corrected chi connectivity index (χ0v) is 15.0. The summed E-state index contributed by atoms with van der Waals surface area (Å²) in [5.74, 6) is 0.0993. The number of aromatic nitrogens is 1. The van der Waals surface area contributed by atoms with Crippen molar-refractivity contribution in [1.82, 2.24) is 4.98 Å². The van der Waals surface area contributed by atoms with E-state index in [2.05, 4.69) is 27.8 Å². The first kappa shape index (κ1) is 16.0. The quantitative estimate of drug-likeness (QED) is 0.706. The van der Waals surface area contributed by atoms with Gasteiger partial charge in [-0.3, -0.25) is 4.79 Å². The second-order valence-electron chi connectivity index (χ2n) is 6.58. The zero-order chi connectivity index (χ0) is 17.3. The van der Waals surface area contributed by atoms with Crippen LogP contribution < -0.4 is 5.32 Å². The number of aryl methyl sites for hydroxylation is 1. The second kappa shape index (κ2) is 6.45. The number of rotatable bonds is 4. The first-order valence-electron chi connectivity index (χ1n) is 8.57. The van der Waals surface area contributed by atoms with Crippen LogP contribution in [0, 0.1) is 6.92 Å². The van der Waals surface area contributed by atoms with Crippen molar-refractivity contribution in [3.8, 4) is 11.3 Å². The lowest BCUT2D eigenvalue weighted by molar-refractivity contribution is -0.124. The first-order valence-corrected chi connectivity index (χ1v) is 9.45. The molecule has 3 aromatic rings. The van der Waals surface area contributed by atoms with Crippen molar-refractivity contribution >= 4 is 22.9 Å². The van der Waals surface area contributed by atoms with Crippen molar-refractivity contribution in [2.24, 2.45) is 0 Å². The number of thiazole rings is 1. The van der Waals surface area contributed by atoms with Crippen molar-refractivity contribution in [3.05, 3.63) is 70.5 Å². The highest BCUT2D eigenvalue weighted by molar-refractivity contribution is 7.09. The molecule has 25 heavy (non-hydrogen) atoms. The molecule has 0 bridgehead atoms. The Hall–Kier alpha value is -2.46. The van der Waals surface area contributed by atoms with E-state index in [0.717, 1.165) is 46.8 Å². The van der Waals surface area contributed by atoms with E-state index in [0.29, 0.717) is 0 Å². The molecule has 4 heteroatoms. The standard InChI is InChI=1S/C21H20N2OS/c1-15-22-19(14-25-15)16-8-10-18(11-9-16)23-20(24)21(12-5-13-21)17-6-3-2-4-7-17/h2-4,6-11,14H,5,12-13H2,1H3,(H,23,24). The maximum Gasteiger partial charge on any atom is 0.235 e. The topological polar surface area (TPSA) is 42.0 Å². The van der Waals surface area contributed by atoms with E-state index >= 15 is 0 Å². The molecule has 1 fully saturated rings. The number of hydrogen-bond donors (Lipinski definition) is 1. The average molecular weight is 348 g/mol. The lowest BCUT2D eigenvalue weighted by Crippen LogP contribution is -2.45. The Labute approximate surface area is 151 Å². The van der Waals surface area contributed by atoms with Crippen LogP contribution in [0.15, 0.2) is 60.0 Å². The van der Waals surface area contributed by atoms with Gasteiger partial charge in [0, 0.05) is 16.6 Å². The largest absolute Gasteiger partial charge is 0.325 e. The average Bonchev–Trinajstić information content (AvgIpc) is 3.02. The van der Waals surface area contributed by atoms with Gasteiger partial charge in [0.2, 0.25) is 5.91 Å². The summed E-state index contributed by atoms with van der Waals surface area (Å²) >= 11 is 1.64. The monoisotopic (exact) mass is 348 g/mol. The van der Waals surface area contributed by atoms with Crippen molar-refractivity contribution in [2.75, 3.05) is 5.32 Å². The highest BCUT2D eigenvalue weighted by atomic mass is 32.1. The Morgan fingerprint density at radius 3 is 2.36 bits per heavy atom. The molecule has 1 N–H and O–H groups in total. The summed E-state index contributed by atoms with van der Waals surface area (Å²) in [5.41, 5.74) is 3.64. The number of anilines is 1. The summed E-state index contributed by atoms with van der Waals surface area (Å²) in [6.07, 6.45) is 2.93. The maximum atomic E-state index is 13.0. The van der Waals surface area contributed by atoms with Gasteiger partial charge in [0.1, 0.15) is 0 Å². The minimum Gasteiger partial charge on any atom is -0.325 e. The molecule has 0 atom stereocenters. The Bertz CT molecular complexity index is 880. The van der Waals surface area contributed by atoms with Crippen molar-refractivity contribution < 1.29 is 4.79 Å². The van der Waals surface area contributed by atoms with Gasteiger partial charge in [-0.05, 0) is 37.5 Å². The molecular formula is C21H20N2OS. The third kappa shape index (κ3) is 2.98. The van der Waals surface area contributed by atoms with E-state index in [1.165, 1.54) is 0 Å². The molecule has 1 aliphatic rings. The number of carbonyl (C=O) groups excluding carboxylic acids is 1. The summed E-state index contributed by atoms with van der Waals surface area (Å²) in [5, 5.41) is 6.23. The molecule has 0 unspecified atom stereocenters. The zero-order valence-electron chi connectivity index (χ0n) is 14.2.